The normalized spacial score (nSPS) is 12.0. The number of nitrogens with zero attached hydrogens (tertiary/aromatic N) is 2. The Kier molecular flexibility index (Phi) is 3.35. The lowest BCUT2D eigenvalue weighted by Gasteiger charge is -2.14. The molecule has 0 aliphatic carbocycles. The van der Waals surface area contributed by atoms with E-state index in [4.69, 9.17) is 5.26 Å². The molecular formula is C17H11FN2O. The van der Waals surface area contributed by atoms with Crippen molar-refractivity contribution in [1.82, 2.24) is 4.98 Å². The molecule has 0 spiro atoms. The predicted molar refractivity (Wildman–Crippen MR) is 76.9 cm³/mol. The van der Waals surface area contributed by atoms with Crippen LogP contribution < -0.4 is 0 Å². The second-order valence-electron chi connectivity index (χ2n) is 4.67. The number of aliphatic hydroxyl groups excluding tert-OH is 1. The molecule has 3 aromatic rings. The summed E-state index contributed by atoms with van der Waals surface area (Å²) in [5.74, 6) is -0.539. The molecule has 3 rings (SSSR count). The third-order valence-electron chi connectivity index (χ3n) is 3.40. The molecule has 0 fully saturated rings. The molecule has 1 N–H and O–H groups in total. The standard InChI is InChI=1S/C17H11FN2O/c18-15-6-5-11(10-19)9-14(15)17(21)13-7-8-20-16-4-2-1-3-12(13)16/h1-9,17,21H/t17-/m1/s1. The first-order chi connectivity index (χ1) is 10.2. The number of halogens is 1. The summed E-state index contributed by atoms with van der Waals surface area (Å²) in [6.07, 6.45) is 0.429. The predicted octanol–water partition coefficient (Wildman–Crippen LogP) is 3.33. The number of rotatable bonds is 2. The van der Waals surface area contributed by atoms with E-state index in [9.17, 15) is 9.50 Å². The Labute approximate surface area is 120 Å². The Morgan fingerprint density at radius 1 is 1.10 bits per heavy atom. The van der Waals surface area contributed by atoms with Crippen molar-refractivity contribution in [3.05, 3.63) is 77.2 Å². The van der Waals surface area contributed by atoms with E-state index in [2.05, 4.69) is 4.98 Å². The van der Waals surface area contributed by atoms with Gasteiger partial charge in [0.1, 0.15) is 11.9 Å². The van der Waals surface area contributed by atoms with Gasteiger partial charge in [0.05, 0.1) is 17.1 Å². The molecule has 0 saturated carbocycles. The molecule has 1 atom stereocenters. The first kappa shape index (κ1) is 13.2. The molecule has 0 aliphatic rings. The number of hydrogen-bond donors (Lipinski definition) is 1. The third-order valence-corrected chi connectivity index (χ3v) is 3.40. The molecule has 21 heavy (non-hydrogen) atoms. The molecule has 0 aliphatic heterocycles. The highest BCUT2D eigenvalue weighted by atomic mass is 19.1. The van der Waals surface area contributed by atoms with Gasteiger partial charge in [0.25, 0.3) is 0 Å². The maximum atomic E-state index is 14.0. The van der Waals surface area contributed by atoms with Crippen molar-refractivity contribution in [3.8, 4) is 6.07 Å². The number of fused-ring (bicyclic) bond motifs is 1. The van der Waals surface area contributed by atoms with E-state index < -0.39 is 11.9 Å². The van der Waals surface area contributed by atoms with Crippen LogP contribution in [0.5, 0.6) is 0 Å². The average molecular weight is 278 g/mol. The molecule has 1 aromatic heterocycles. The largest absolute Gasteiger partial charge is 0.384 e. The van der Waals surface area contributed by atoms with Gasteiger partial charge in [-0.2, -0.15) is 5.26 Å². The minimum atomic E-state index is -1.15. The summed E-state index contributed by atoms with van der Waals surface area (Å²) in [4.78, 5) is 4.22. The van der Waals surface area contributed by atoms with Crippen LogP contribution in [0.2, 0.25) is 0 Å². The zero-order chi connectivity index (χ0) is 14.8. The first-order valence-electron chi connectivity index (χ1n) is 6.42. The van der Waals surface area contributed by atoms with Gasteiger partial charge < -0.3 is 5.11 Å². The van der Waals surface area contributed by atoms with Crippen LogP contribution in [0.4, 0.5) is 4.39 Å². The van der Waals surface area contributed by atoms with Crippen LogP contribution in [-0.4, -0.2) is 10.1 Å². The Bertz CT molecular complexity index is 850. The summed E-state index contributed by atoms with van der Waals surface area (Å²) in [5.41, 5.74) is 1.69. The van der Waals surface area contributed by atoms with Crippen molar-refractivity contribution in [1.29, 1.82) is 5.26 Å². The van der Waals surface area contributed by atoms with E-state index in [1.54, 1.807) is 12.3 Å². The van der Waals surface area contributed by atoms with Gasteiger partial charge in [-0.25, -0.2) is 4.39 Å². The molecule has 3 nitrogen and oxygen atoms in total. The second kappa shape index (κ2) is 5.31. The quantitative estimate of drug-likeness (QED) is 0.782. The summed E-state index contributed by atoms with van der Waals surface area (Å²) in [6, 6.07) is 14.9. The molecule has 2 aromatic carbocycles. The summed E-state index contributed by atoms with van der Waals surface area (Å²) < 4.78 is 14.0. The SMILES string of the molecule is N#Cc1ccc(F)c([C@H](O)c2ccnc3ccccc23)c1. The number of para-hydroxylation sites is 1. The van der Waals surface area contributed by atoms with E-state index in [-0.39, 0.29) is 5.56 Å². The van der Waals surface area contributed by atoms with Crippen molar-refractivity contribution in [2.75, 3.05) is 0 Å². The van der Waals surface area contributed by atoms with Gasteiger partial charge in [0.2, 0.25) is 0 Å². The van der Waals surface area contributed by atoms with Gasteiger partial charge >= 0.3 is 0 Å². The summed E-state index contributed by atoms with van der Waals surface area (Å²) in [5, 5.41) is 20.2. The van der Waals surface area contributed by atoms with E-state index >= 15 is 0 Å². The highest BCUT2D eigenvalue weighted by molar-refractivity contribution is 5.82. The Balaban J connectivity index is 2.17. The van der Waals surface area contributed by atoms with Gasteiger partial charge in [0.15, 0.2) is 0 Å². The maximum Gasteiger partial charge on any atom is 0.129 e. The fourth-order valence-electron chi connectivity index (χ4n) is 2.35. The van der Waals surface area contributed by atoms with E-state index in [0.29, 0.717) is 11.1 Å². The van der Waals surface area contributed by atoms with Crippen molar-refractivity contribution < 1.29 is 9.50 Å². The highest BCUT2D eigenvalue weighted by Gasteiger charge is 2.18. The zero-order valence-corrected chi connectivity index (χ0v) is 11.0. The number of nitriles is 1. The number of aliphatic hydroxyl groups is 1. The fourth-order valence-corrected chi connectivity index (χ4v) is 2.35. The zero-order valence-electron chi connectivity index (χ0n) is 11.0. The Morgan fingerprint density at radius 2 is 1.90 bits per heavy atom. The van der Waals surface area contributed by atoms with Gasteiger partial charge in [-0.1, -0.05) is 18.2 Å². The average Bonchev–Trinajstić information content (AvgIpc) is 2.54. The van der Waals surface area contributed by atoms with E-state index in [1.165, 1.54) is 18.2 Å². The lowest BCUT2D eigenvalue weighted by Crippen LogP contribution is -2.04. The molecule has 0 saturated heterocycles. The van der Waals surface area contributed by atoms with Crippen LogP contribution in [0.15, 0.2) is 54.7 Å². The first-order valence-corrected chi connectivity index (χ1v) is 6.42. The summed E-state index contributed by atoms with van der Waals surface area (Å²) >= 11 is 0. The van der Waals surface area contributed by atoms with Gasteiger partial charge in [0, 0.05) is 17.1 Å². The maximum absolute atomic E-state index is 14.0. The van der Waals surface area contributed by atoms with Crippen molar-refractivity contribution in [2.45, 2.75) is 6.10 Å². The lowest BCUT2D eigenvalue weighted by atomic mass is 9.97. The molecule has 4 heteroatoms. The van der Waals surface area contributed by atoms with Crippen LogP contribution in [0.1, 0.15) is 22.8 Å². The van der Waals surface area contributed by atoms with Crippen molar-refractivity contribution in [3.63, 3.8) is 0 Å². The van der Waals surface area contributed by atoms with Crippen LogP contribution in [0.3, 0.4) is 0 Å². The summed E-state index contributed by atoms with van der Waals surface area (Å²) in [7, 11) is 0. The molecule has 0 unspecified atom stereocenters. The van der Waals surface area contributed by atoms with Gasteiger partial charge in [-0.05, 0) is 35.9 Å². The number of hydrogen-bond acceptors (Lipinski definition) is 3. The Hall–Kier alpha value is -2.77. The third kappa shape index (κ3) is 2.35. The molecule has 0 radical (unpaired) electrons. The molecular weight excluding hydrogens is 267 g/mol. The number of benzene rings is 2. The highest BCUT2D eigenvalue weighted by Crippen LogP contribution is 2.29. The Morgan fingerprint density at radius 3 is 2.71 bits per heavy atom. The lowest BCUT2D eigenvalue weighted by molar-refractivity contribution is 0.216. The monoisotopic (exact) mass is 278 g/mol. The number of pyridine rings is 1. The molecule has 102 valence electrons. The fraction of sp³-hybridized carbons (Fsp3) is 0.0588. The van der Waals surface area contributed by atoms with Crippen LogP contribution in [0.25, 0.3) is 10.9 Å². The van der Waals surface area contributed by atoms with Crippen molar-refractivity contribution >= 4 is 10.9 Å². The molecule has 0 amide bonds. The second-order valence-corrected chi connectivity index (χ2v) is 4.67. The van der Waals surface area contributed by atoms with Crippen LogP contribution >= 0.6 is 0 Å². The van der Waals surface area contributed by atoms with Gasteiger partial charge in [-0.3, -0.25) is 4.98 Å². The van der Waals surface area contributed by atoms with Crippen LogP contribution in [-0.2, 0) is 0 Å². The minimum absolute atomic E-state index is 0.0883. The topological polar surface area (TPSA) is 56.9 Å². The van der Waals surface area contributed by atoms with Crippen LogP contribution in [0, 0.1) is 17.1 Å². The van der Waals surface area contributed by atoms with E-state index in [1.807, 2.05) is 30.3 Å². The molecule has 1 heterocycles. The van der Waals surface area contributed by atoms with E-state index in [0.717, 1.165) is 10.9 Å². The smallest absolute Gasteiger partial charge is 0.129 e. The minimum Gasteiger partial charge on any atom is -0.384 e. The molecule has 0 bridgehead atoms. The van der Waals surface area contributed by atoms with Crippen molar-refractivity contribution in [2.24, 2.45) is 0 Å². The number of aromatic nitrogens is 1. The van der Waals surface area contributed by atoms with Gasteiger partial charge in [-0.15, -0.1) is 0 Å². The summed E-state index contributed by atoms with van der Waals surface area (Å²) in [6.45, 7) is 0.